The van der Waals surface area contributed by atoms with Gasteiger partial charge in [0.25, 0.3) is 0 Å². The summed E-state index contributed by atoms with van der Waals surface area (Å²) in [7, 11) is 6.61. The Morgan fingerprint density at radius 2 is 1.81 bits per heavy atom. The zero-order valence-electron chi connectivity index (χ0n) is 11.8. The third-order valence-electron chi connectivity index (χ3n) is 4.75. The molecule has 2 rings (SSSR count). The Bertz CT molecular complexity index is 279. The van der Waals surface area contributed by atoms with Gasteiger partial charge in [-0.3, -0.25) is 0 Å². The van der Waals surface area contributed by atoms with E-state index in [9.17, 15) is 0 Å². The molecule has 0 aliphatic heterocycles. The number of ether oxygens (including phenoxy) is 1. The first-order valence-electron chi connectivity index (χ1n) is 6.63. The van der Waals surface area contributed by atoms with Crippen LogP contribution >= 0.6 is 0 Å². The molecular weight excluding hydrogens is 198 g/mol. The molecular formula is C14H28NO+. The highest BCUT2D eigenvalue weighted by Crippen LogP contribution is 2.70. The zero-order chi connectivity index (χ0) is 12.2. The van der Waals surface area contributed by atoms with Crippen molar-refractivity contribution in [3.63, 3.8) is 0 Å². The molecule has 0 N–H and O–H groups in total. The van der Waals surface area contributed by atoms with Crippen molar-refractivity contribution in [2.75, 3.05) is 27.9 Å². The summed E-state index contributed by atoms with van der Waals surface area (Å²) in [6.45, 7) is 8.01. The van der Waals surface area contributed by atoms with Gasteiger partial charge >= 0.3 is 0 Å². The van der Waals surface area contributed by atoms with Crippen LogP contribution in [0.25, 0.3) is 0 Å². The van der Waals surface area contributed by atoms with E-state index >= 15 is 0 Å². The Morgan fingerprint density at radius 1 is 1.19 bits per heavy atom. The Balaban J connectivity index is 2.05. The van der Waals surface area contributed by atoms with Gasteiger partial charge < -0.3 is 9.22 Å². The van der Waals surface area contributed by atoms with Crippen LogP contribution in [0.15, 0.2) is 0 Å². The molecule has 0 amide bonds. The fourth-order valence-electron chi connectivity index (χ4n) is 3.65. The molecule has 0 aromatic heterocycles. The number of fused-ring (bicyclic) bond motifs is 1. The molecule has 0 aromatic carbocycles. The van der Waals surface area contributed by atoms with E-state index in [0.29, 0.717) is 5.41 Å². The Hall–Kier alpha value is -0.0800. The standard InChI is InChI=1S/C14H28NO/c1-11-7-8-12-13(2,3)14(12,9-11)16-10-15(4,5)6/h11-12H,7-10H2,1-6H3/q+1. The molecule has 0 radical (unpaired) electrons. The molecule has 16 heavy (non-hydrogen) atoms. The minimum Gasteiger partial charge on any atom is -0.324 e. The van der Waals surface area contributed by atoms with Crippen molar-refractivity contribution in [3.8, 4) is 0 Å². The van der Waals surface area contributed by atoms with Gasteiger partial charge in [0.2, 0.25) is 0 Å². The number of nitrogens with zero attached hydrogens (tertiary/aromatic N) is 1. The fourth-order valence-corrected chi connectivity index (χ4v) is 3.65. The highest BCUT2D eigenvalue weighted by Gasteiger charge is 2.73. The number of rotatable bonds is 3. The molecule has 2 saturated carbocycles. The monoisotopic (exact) mass is 226 g/mol. The molecule has 0 heterocycles. The molecule has 2 fully saturated rings. The molecule has 2 aliphatic rings. The Labute approximate surface area is 101 Å². The summed E-state index contributed by atoms with van der Waals surface area (Å²) >= 11 is 0. The molecule has 2 nitrogen and oxygen atoms in total. The van der Waals surface area contributed by atoms with Gasteiger partial charge in [-0.05, 0) is 30.1 Å². The normalized spacial score (nSPS) is 41.6. The van der Waals surface area contributed by atoms with Crippen molar-refractivity contribution >= 4 is 0 Å². The van der Waals surface area contributed by atoms with E-state index in [1.54, 1.807) is 0 Å². The Morgan fingerprint density at radius 3 is 2.38 bits per heavy atom. The Kier molecular flexibility index (Phi) is 2.67. The van der Waals surface area contributed by atoms with Gasteiger partial charge in [0.1, 0.15) is 0 Å². The van der Waals surface area contributed by atoms with E-state index in [1.807, 2.05) is 0 Å². The second-order valence-corrected chi connectivity index (χ2v) is 7.61. The summed E-state index contributed by atoms with van der Waals surface area (Å²) in [5.41, 5.74) is 0.614. The summed E-state index contributed by atoms with van der Waals surface area (Å²) in [6.07, 6.45) is 4.03. The lowest BCUT2D eigenvalue weighted by Crippen LogP contribution is -2.41. The zero-order valence-corrected chi connectivity index (χ0v) is 11.8. The van der Waals surface area contributed by atoms with Gasteiger partial charge in [-0.15, -0.1) is 0 Å². The van der Waals surface area contributed by atoms with Crippen LogP contribution in [0, 0.1) is 17.3 Å². The van der Waals surface area contributed by atoms with Crippen molar-refractivity contribution in [1.82, 2.24) is 0 Å². The van der Waals surface area contributed by atoms with Crippen molar-refractivity contribution in [2.24, 2.45) is 17.3 Å². The van der Waals surface area contributed by atoms with Crippen LogP contribution in [0.5, 0.6) is 0 Å². The minimum atomic E-state index is 0.205. The lowest BCUT2D eigenvalue weighted by Gasteiger charge is -2.32. The first kappa shape index (κ1) is 12.4. The summed E-state index contributed by atoms with van der Waals surface area (Å²) in [6, 6.07) is 0. The van der Waals surface area contributed by atoms with Gasteiger partial charge in [0, 0.05) is 0 Å². The average Bonchev–Trinajstić information content (AvgIpc) is 2.59. The summed E-state index contributed by atoms with van der Waals surface area (Å²) in [4.78, 5) is 0. The van der Waals surface area contributed by atoms with Crippen LogP contribution in [0.1, 0.15) is 40.0 Å². The van der Waals surface area contributed by atoms with Crippen LogP contribution in [0.2, 0.25) is 0 Å². The lowest BCUT2D eigenvalue weighted by molar-refractivity contribution is -0.892. The van der Waals surface area contributed by atoms with E-state index in [-0.39, 0.29) is 5.60 Å². The van der Waals surface area contributed by atoms with E-state index < -0.39 is 0 Å². The molecule has 2 heteroatoms. The largest absolute Gasteiger partial charge is 0.324 e. The van der Waals surface area contributed by atoms with Gasteiger partial charge in [-0.2, -0.15) is 0 Å². The quantitative estimate of drug-likeness (QED) is 0.531. The van der Waals surface area contributed by atoms with Crippen LogP contribution < -0.4 is 0 Å². The lowest BCUT2D eigenvalue weighted by atomic mass is 9.88. The second-order valence-electron chi connectivity index (χ2n) is 7.61. The molecule has 0 bridgehead atoms. The van der Waals surface area contributed by atoms with Crippen molar-refractivity contribution < 1.29 is 9.22 Å². The molecule has 0 saturated heterocycles. The third kappa shape index (κ3) is 1.80. The second kappa shape index (κ2) is 3.46. The SMILES string of the molecule is CC1CCC2C(C)(C)C2(OC[N+](C)(C)C)C1. The predicted molar refractivity (Wildman–Crippen MR) is 67.0 cm³/mol. The number of hydrogen-bond acceptors (Lipinski definition) is 1. The summed E-state index contributed by atoms with van der Waals surface area (Å²) in [5.74, 6) is 1.65. The van der Waals surface area contributed by atoms with Gasteiger partial charge in [0.15, 0.2) is 6.73 Å². The van der Waals surface area contributed by atoms with Gasteiger partial charge in [-0.25, -0.2) is 0 Å². The molecule has 2 aliphatic carbocycles. The first-order chi connectivity index (χ1) is 7.19. The average molecular weight is 226 g/mol. The van der Waals surface area contributed by atoms with E-state index in [2.05, 4.69) is 41.9 Å². The summed E-state index contributed by atoms with van der Waals surface area (Å²) in [5, 5.41) is 0. The highest BCUT2D eigenvalue weighted by atomic mass is 16.5. The molecule has 0 aromatic rings. The number of hydrogen-bond donors (Lipinski definition) is 0. The van der Waals surface area contributed by atoms with Crippen LogP contribution in [0.3, 0.4) is 0 Å². The van der Waals surface area contributed by atoms with E-state index in [4.69, 9.17) is 4.74 Å². The van der Waals surface area contributed by atoms with Crippen molar-refractivity contribution in [1.29, 1.82) is 0 Å². The predicted octanol–water partition coefficient (Wildman–Crippen LogP) is 2.88. The van der Waals surface area contributed by atoms with Crippen molar-refractivity contribution in [3.05, 3.63) is 0 Å². The van der Waals surface area contributed by atoms with Crippen LogP contribution in [-0.2, 0) is 4.74 Å². The maximum atomic E-state index is 6.37. The maximum Gasteiger partial charge on any atom is 0.183 e. The first-order valence-corrected chi connectivity index (χ1v) is 6.63. The minimum absolute atomic E-state index is 0.205. The topological polar surface area (TPSA) is 9.23 Å². The van der Waals surface area contributed by atoms with Gasteiger partial charge in [-0.1, -0.05) is 27.2 Å². The smallest absolute Gasteiger partial charge is 0.183 e. The molecule has 3 atom stereocenters. The number of quaternary nitrogens is 1. The van der Waals surface area contributed by atoms with Crippen LogP contribution in [-0.4, -0.2) is 38.0 Å². The fraction of sp³-hybridized carbons (Fsp3) is 1.00. The third-order valence-corrected chi connectivity index (χ3v) is 4.75. The van der Waals surface area contributed by atoms with Crippen LogP contribution in [0.4, 0.5) is 0 Å². The maximum absolute atomic E-state index is 6.37. The molecule has 94 valence electrons. The highest BCUT2D eigenvalue weighted by molar-refractivity contribution is 5.22. The van der Waals surface area contributed by atoms with E-state index in [0.717, 1.165) is 23.0 Å². The summed E-state index contributed by atoms with van der Waals surface area (Å²) < 4.78 is 7.27. The molecule has 0 spiro atoms. The van der Waals surface area contributed by atoms with Crippen molar-refractivity contribution in [2.45, 2.75) is 45.6 Å². The van der Waals surface area contributed by atoms with Gasteiger partial charge in [0.05, 0.1) is 26.7 Å². The van der Waals surface area contributed by atoms with E-state index in [1.165, 1.54) is 19.3 Å². The molecule has 3 unspecified atom stereocenters.